The van der Waals surface area contributed by atoms with Crippen molar-refractivity contribution in [3.63, 3.8) is 0 Å². The number of hydrogen-bond donors (Lipinski definition) is 2. The number of rotatable bonds is 2. The second-order valence-corrected chi connectivity index (χ2v) is 4.67. The summed E-state index contributed by atoms with van der Waals surface area (Å²) in [6, 6.07) is 12.2. The third-order valence-corrected chi connectivity index (χ3v) is 3.37. The summed E-state index contributed by atoms with van der Waals surface area (Å²) in [5, 5.41) is 6.52. The van der Waals surface area contributed by atoms with Crippen LogP contribution in [0.15, 0.2) is 58.1 Å². The summed E-state index contributed by atoms with van der Waals surface area (Å²) in [6.45, 7) is 0.758. The van der Waals surface area contributed by atoms with Gasteiger partial charge in [-0.05, 0) is 11.6 Å². The minimum atomic E-state index is 0.758. The van der Waals surface area contributed by atoms with Crippen LogP contribution in [0.2, 0.25) is 0 Å². The maximum atomic E-state index is 4.36. The lowest BCUT2D eigenvalue weighted by molar-refractivity contribution is 0.912. The third-order valence-electron chi connectivity index (χ3n) is 2.58. The van der Waals surface area contributed by atoms with Crippen LogP contribution in [-0.4, -0.2) is 10.9 Å². The number of pyridine rings is 1. The van der Waals surface area contributed by atoms with Gasteiger partial charge in [0.2, 0.25) is 5.96 Å². The number of benzene rings is 1. The maximum Gasteiger partial charge on any atom is 0.208 e. The second kappa shape index (κ2) is 5.10. The molecule has 1 aliphatic rings. The molecule has 0 unspecified atom stereocenters. The molecule has 2 heterocycles. The Balaban J connectivity index is 1.64. The summed E-state index contributed by atoms with van der Waals surface area (Å²) in [7, 11) is 0. The Morgan fingerprint density at radius 3 is 2.94 bits per heavy atom. The molecule has 0 saturated carbocycles. The molecule has 0 bridgehead atoms. The fourth-order valence-corrected chi connectivity index (χ4v) is 2.28. The van der Waals surface area contributed by atoms with Crippen molar-refractivity contribution in [2.24, 2.45) is 4.40 Å². The summed E-state index contributed by atoms with van der Waals surface area (Å²) in [4.78, 5) is 5.11. The molecule has 0 amide bonds. The fourth-order valence-electron chi connectivity index (χ4n) is 1.66. The average molecular weight is 256 g/mol. The zero-order valence-corrected chi connectivity index (χ0v) is 10.4. The molecule has 1 aliphatic heterocycles. The van der Waals surface area contributed by atoms with Crippen LogP contribution in [0.5, 0.6) is 0 Å². The number of fused-ring (bicyclic) bond motifs is 1. The van der Waals surface area contributed by atoms with Gasteiger partial charge in [-0.15, -0.1) is 0 Å². The molecule has 90 valence electrons. The van der Waals surface area contributed by atoms with Gasteiger partial charge in [-0.25, -0.2) is 0 Å². The highest BCUT2D eigenvalue weighted by Crippen LogP contribution is 2.30. The van der Waals surface area contributed by atoms with E-state index in [0.717, 1.165) is 23.1 Å². The van der Waals surface area contributed by atoms with Crippen LogP contribution in [-0.2, 0) is 6.54 Å². The van der Waals surface area contributed by atoms with E-state index < -0.39 is 0 Å². The van der Waals surface area contributed by atoms with E-state index in [4.69, 9.17) is 0 Å². The lowest BCUT2D eigenvalue weighted by atomic mass is 10.2. The van der Waals surface area contributed by atoms with Gasteiger partial charge in [0.05, 0.1) is 10.6 Å². The van der Waals surface area contributed by atoms with E-state index in [0.29, 0.717) is 0 Å². The van der Waals surface area contributed by atoms with Crippen molar-refractivity contribution < 1.29 is 0 Å². The molecule has 0 fully saturated rings. The molecular formula is C13H12N4S. The highest BCUT2D eigenvalue weighted by atomic mass is 32.2. The third kappa shape index (κ3) is 2.46. The summed E-state index contributed by atoms with van der Waals surface area (Å²) >= 11 is 1.43. The molecule has 3 rings (SSSR count). The first kappa shape index (κ1) is 11.1. The topological polar surface area (TPSA) is 49.3 Å². The SMILES string of the molecule is c1ccc(CNC2=NSc3cnccc3N2)cc1. The van der Waals surface area contributed by atoms with Crippen LogP contribution in [0.25, 0.3) is 0 Å². The van der Waals surface area contributed by atoms with E-state index in [-0.39, 0.29) is 0 Å². The van der Waals surface area contributed by atoms with Gasteiger partial charge in [0.15, 0.2) is 0 Å². The zero-order chi connectivity index (χ0) is 12.2. The largest absolute Gasteiger partial charge is 0.351 e. The average Bonchev–Trinajstić information content (AvgIpc) is 2.46. The first-order valence-electron chi connectivity index (χ1n) is 5.66. The molecule has 2 aromatic rings. The molecule has 1 aromatic carbocycles. The highest BCUT2D eigenvalue weighted by Gasteiger charge is 2.11. The predicted molar refractivity (Wildman–Crippen MR) is 74.4 cm³/mol. The summed E-state index contributed by atoms with van der Waals surface area (Å²) in [5.74, 6) is 0.780. The Morgan fingerprint density at radius 2 is 2.06 bits per heavy atom. The molecule has 2 N–H and O–H groups in total. The first-order chi connectivity index (χ1) is 8.92. The predicted octanol–water partition coefficient (Wildman–Crippen LogP) is 2.66. The van der Waals surface area contributed by atoms with Crippen LogP contribution in [0, 0.1) is 0 Å². The van der Waals surface area contributed by atoms with Gasteiger partial charge in [-0.2, -0.15) is 4.40 Å². The normalized spacial score (nSPS) is 13.2. The van der Waals surface area contributed by atoms with Gasteiger partial charge < -0.3 is 10.6 Å². The standard InChI is InChI=1S/C13H12N4S/c1-2-4-10(5-3-1)8-15-13-16-11-6-7-14-9-12(11)18-17-13/h1-7,9H,8H2,(H2,15,16,17). The molecule has 18 heavy (non-hydrogen) atoms. The number of hydrogen-bond acceptors (Lipinski definition) is 5. The van der Waals surface area contributed by atoms with Crippen molar-refractivity contribution >= 4 is 23.6 Å². The van der Waals surface area contributed by atoms with Crippen LogP contribution in [0.3, 0.4) is 0 Å². The van der Waals surface area contributed by atoms with Crippen LogP contribution in [0.4, 0.5) is 5.69 Å². The van der Waals surface area contributed by atoms with Crippen molar-refractivity contribution in [1.29, 1.82) is 0 Å². The highest BCUT2D eigenvalue weighted by molar-refractivity contribution is 7.98. The summed E-state index contributed by atoms with van der Waals surface area (Å²) in [6.07, 6.45) is 3.58. The van der Waals surface area contributed by atoms with Gasteiger partial charge in [0.25, 0.3) is 0 Å². The molecule has 0 radical (unpaired) electrons. The molecule has 1 aromatic heterocycles. The van der Waals surface area contributed by atoms with E-state index in [2.05, 4.69) is 32.1 Å². The quantitative estimate of drug-likeness (QED) is 0.811. The van der Waals surface area contributed by atoms with Gasteiger partial charge in [0.1, 0.15) is 0 Å². The van der Waals surface area contributed by atoms with E-state index in [1.165, 1.54) is 17.5 Å². The van der Waals surface area contributed by atoms with E-state index in [1.807, 2.05) is 30.5 Å². The van der Waals surface area contributed by atoms with E-state index in [1.54, 1.807) is 6.20 Å². The minimum absolute atomic E-state index is 0.758. The van der Waals surface area contributed by atoms with Gasteiger partial charge in [0, 0.05) is 30.9 Å². The summed E-state index contributed by atoms with van der Waals surface area (Å²) in [5.41, 5.74) is 2.27. The van der Waals surface area contributed by atoms with Crippen molar-refractivity contribution in [3.05, 3.63) is 54.4 Å². The first-order valence-corrected chi connectivity index (χ1v) is 6.43. The molecule has 5 heteroatoms. The molecule has 0 spiro atoms. The van der Waals surface area contributed by atoms with Crippen LogP contribution < -0.4 is 10.6 Å². The number of nitrogens with one attached hydrogen (secondary N) is 2. The Kier molecular flexibility index (Phi) is 3.14. The van der Waals surface area contributed by atoms with E-state index >= 15 is 0 Å². The van der Waals surface area contributed by atoms with Gasteiger partial charge in [-0.3, -0.25) is 4.98 Å². The maximum absolute atomic E-state index is 4.36. The van der Waals surface area contributed by atoms with Crippen molar-refractivity contribution in [2.75, 3.05) is 5.32 Å². The molecule has 0 atom stereocenters. The van der Waals surface area contributed by atoms with Crippen LogP contribution in [0.1, 0.15) is 5.56 Å². The van der Waals surface area contributed by atoms with Gasteiger partial charge in [-0.1, -0.05) is 30.3 Å². The fraction of sp³-hybridized carbons (Fsp3) is 0.0769. The number of guanidine groups is 1. The molecule has 0 saturated heterocycles. The number of aromatic nitrogens is 1. The lowest BCUT2D eigenvalue weighted by Crippen LogP contribution is -2.31. The number of anilines is 1. The van der Waals surface area contributed by atoms with Crippen molar-refractivity contribution in [2.45, 2.75) is 11.4 Å². The van der Waals surface area contributed by atoms with Gasteiger partial charge >= 0.3 is 0 Å². The lowest BCUT2D eigenvalue weighted by Gasteiger charge is -2.17. The Morgan fingerprint density at radius 1 is 1.17 bits per heavy atom. The molecule has 0 aliphatic carbocycles. The summed E-state index contributed by atoms with van der Waals surface area (Å²) < 4.78 is 4.36. The monoisotopic (exact) mass is 256 g/mol. The molecule has 4 nitrogen and oxygen atoms in total. The minimum Gasteiger partial charge on any atom is -0.351 e. The second-order valence-electron chi connectivity index (χ2n) is 3.87. The Labute approximate surface area is 110 Å². The zero-order valence-electron chi connectivity index (χ0n) is 9.63. The van der Waals surface area contributed by atoms with Crippen LogP contribution >= 0.6 is 11.9 Å². The van der Waals surface area contributed by atoms with Crippen molar-refractivity contribution in [1.82, 2.24) is 10.3 Å². The van der Waals surface area contributed by atoms with E-state index in [9.17, 15) is 0 Å². The Hall–Kier alpha value is -2.01. The smallest absolute Gasteiger partial charge is 0.208 e. The van der Waals surface area contributed by atoms with Crippen molar-refractivity contribution in [3.8, 4) is 0 Å². The number of nitrogens with zero attached hydrogens (tertiary/aromatic N) is 2. The molecular weight excluding hydrogens is 244 g/mol. The Bertz CT molecular complexity index is 568.